The number of hydrogen-bond acceptors (Lipinski definition) is 5. The predicted octanol–water partition coefficient (Wildman–Crippen LogP) is 3.10. The molecule has 0 atom stereocenters. The average Bonchev–Trinajstić information content (AvgIpc) is 2.80. The number of ether oxygens (including phenoxy) is 2. The van der Waals surface area contributed by atoms with Gasteiger partial charge in [0.1, 0.15) is 0 Å². The number of hydrogen-bond donors (Lipinski definition) is 0. The quantitative estimate of drug-likeness (QED) is 0.717. The first kappa shape index (κ1) is 20.1. The first-order chi connectivity index (χ1) is 13.4. The standard InChI is InChI=1S/C21H22ClNO5/c1-4-27-19(25)9-12-8-15-16(11-14(12)21(26)28-5-2)23(3)17-10-13(22)6-7-18(24)20(15)17/h6-7,10H,4-5,8-9,11H2,1-3H3. The van der Waals surface area contributed by atoms with Gasteiger partial charge in [0.25, 0.3) is 0 Å². The largest absolute Gasteiger partial charge is 0.466 e. The Balaban J connectivity index is 2.17. The third-order valence-electron chi connectivity index (χ3n) is 4.93. The molecule has 1 aromatic carbocycles. The summed E-state index contributed by atoms with van der Waals surface area (Å²) >= 11 is 6.17. The van der Waals surface area contributed by atoms with E-state index < -0.39 is 11.9 Å². The van der Waals surface area contributed by atoms with Gasteiger partial charge in [-0.2, -0.15) is 0 Å². The minimum Gasteiger partial charge on any atom is -0.466 e. The van der Waals surface area contributed by atoms with Crippen molar-refractivity contribution in [3.8, 4) is 0 Å². The van der Waals surface area contributed by atoms with Crippen molar-refractivity contribution in [2.75, 3.05) is 13.2 Å². The maximum absolute atomic E-state index is 12.7. The molecule has 0 aliphatic heterocycles. The molecule has 3 rings (SSSR count). The summed E-state index contributed by atoms with van der Waals surface area (Å²) in [5.74, 6) is -0.845. The molecule has 1 heterocycles. The lowest BCUT2D eigenvalue weighted by Gasteiger charge is -2.21. The van der Waals surface area contributed by atoms with E-state index in [1.807, 2.05) is 11.6 Å². The molecule has 0 spiro atoms. The fourth-order valence-corrected chi connectivity index (χ4v) is 3.86. The maximum atomic E-state index is 12.7. The summed E-state index contributed by atoms with van der Waals surface area (Å²) in [7, 11) is 1.84. The zero-order chi connectivity index (χ0) is 20.4. The molecule has 0 bridgehead atoms. The molecule has 1 aromatic heterocycles. The van der Waals surface area contributed by atoms with E-state index in [0.717, 1.165) is 11.3 Å². The number of carbonyl (C=O) groups excluding carboxylic acids is 2. The molecule has 0 saturated heterocycles. The van der Waals surface area contributed by atoms with Crippen LogP contribution in [0.2, 0.25) is 5.02 Å². The van der Waals surface area contributed by atoms with Crippen LogP contribution in [0.25, 0.3) is 10.9 Å². The Morgan fingerprint density at radius 2 is 1.86 bits per heavy atom. The second-order valence-corrected chi connectivity index (χ2v) is 7.05. The number of fused-ring (bicyclic) bond motifs is 3. The van der Waals surface area contributed by atoms with Crippen LogP contribution in [0.4, 0.5) is 0 Å². The highest BCUT2D eigenvalue weighted by atomic mass is 35.5. The van der Waals surface area contributed by atoms with E-state index >= 15 is 0 Å². The number of rotatable bonds is 5. The van der Waals surface area contributed by atoms with Gasteiger partial charge in [-0.25, -0.2) is 4.79 Å². The third kappa shape index (κ3) is 3.69. The number of carbonyl (C=O) groups is 2. The topological polar surface area (TPSA) is 74.6 Å². The lowest BCUT2D eigenvalue weighted by molar-refractivity contribution is -0.142. The van der Waals surface area contributed by atoms with E-state index in [2.05, 4.69) is 0 Å². The van der Waals surface area contributed by atoms with Gasteiger partial charge in [0.15, 0.2) is 5.43 Å². The molecular weight excluding hydrogens is 382 g/mol. The summed E-state index contributed by atoms with van der Waals surface area (Å²) in [6.07, 6.45) is 0.594. The van der Waals surface area contributed by atoms with Crippen LogP contribution in [0.1, 0.15) is 31.5 Å². The van der Waals surface area contributed by atoms with Gasteiger partial charge in [0.05, 0.1) is 30.5 Å². The highest BCUT2D eigenvalue weighted by Gasteiger charge is 2.30. The Morgan fingerprint density at radius 3 is 2.54 bits per heavy atom. The summed E-state index contributed by atoms with van der Waals surface area (Å²) in [6, 6.07) is 4.75. The fraction of sp³-hybridized carbons (Fsp3) is 0.381. The van der Waals surface area contributed by atoms with Crippen molar-refractivity contribution in [2.24, 2.45) is 7.05 Å². The van der Waals surface area contributed by atoms with Crippen molar-refractivity contribution in [1.82, 2.24) is 4.57 Å². The highest BCUT2D eigenvalue weighted by molar-refractivity contribution is 6.31. The third-order valence-corrected chi connectivity index (χ3v) is 5.17. The number of aryl methyl sites for hydroxylation is 1. The van der Waals surface area contributed by atoms with Crippen molar-refractivity contribution < 1.29 is 19.1 Å². The van der Waals surface area contributed by atoms with E-state index in [1.54, 1.807) is 26.0 Å². The summed E-state index contributed by atoms with van der Waals surface area (Å²) in [5.41, 5.74) is 3.32. The van der Waals surface area contributed by atoms with Crippen LogP contribution in [0.5, 0.6) is 0 Å². The lowest BCUT2D eigenvalue weighted by Crippen LogP contribution is -2.21. The molecule has 1 aliphatic rings. The van der Waals surface area contributed by atoms with Gasteiger partial charge < -0.3 is 14.0 Å². The van der Waals surface area contributed by atoms with Crippen molar-refractivity contribution >= 4 is 34.4 Å². The fourth-order valence-electron chi connectivity index (χ4n) is 3.69. The minimum absolute atomic E-state index is 0.00821. The van der Waals surface area contributed by atoms with Gasteiger partial charge in [0, 0.05) is 29.8 Å². The number of halogens is 1. The molecule has 1 aliphatic carbocycles. The Kier molecular flexibility index (Phi) is 5.89. The van der Waals surface area contributed by atoms with Crippen LogP contribution in [-0.2, 0) is 39.0 Å². The Hall–Kier alpha value is -2.60. The van der Waals surface area contributed by atoms with Crippen LogP contribution in [-0.4, -0.2) is 29.7 Å². The van der Waals surface area contributed by atoms with Crippen molar-refractivity contribution in [2.45, 2.75) is 33.1 Å². The number of esters is 2. The van der Waals surface area contributed by atoms with Crippen molar-refractivity contribution in [1.29, 1.82) is 0 Å². The van der Waals surface area contributed by atoms with Crippen molar-refractivity contribution in [3.63, 3.8) is 0 Å². The zero-order valence-electron chi connectivity index (χ0n) is 16.1. The van der Waals surface area contributed by atoms with Crippen LogP contribution in [0.15, 0.2) is 34.1 Å². The SMILES string of the molecule is CCOC(=O)CC1=C(C(=O)OCC)Cc2c(c3c(=O)ccc(Cl)cc3n2C)C1. The van der Waals surface area contributed by atoms with Crippen LogP contribution < -0.4 is 5.43 Å². The number of aromatic nitrogens is 1. The molecule has 0 amide bonds. The second kappa shape index (κ2) is 8.19. The molecular formula is C21H22ClNO5. The predicted molar refractivity (Wildman–Crippen MR) is 107 cm³/mol. The molecule has 0 radical (unpaired) electrons. The Morgan fingerprint density at radius 1 is 1.14 bits per heavy atom. The van der Waals surface area contributed by atoms with E-state index in [9.17, 15) is 14.4 Å². The van der Waals surface area contributed by atoms with Gasteiger partial charge in [-0.15, -0.1) is 0 Å². The van der Waals surface area contributed by atoms with Crippen LogP contribution in [0, 0.1) is 0 Å². The monoisotopic (exact) mass is 403 g/mol. The van der Waals surface area contributed by atoms with Gasteiger partial charge >= 0.3 is 11.9 Å². The van der Waals surface area contributed by atoms with Crippen LogP contribution >= 0.6 is 11.6 Å². The summed E-state index contributed by atoms with van der Waals surface area (Å²) < 4.78 is 12.1. The minimum atomic E-state index is -0.441. The Bertz CT molecular complexity index is 1050. The van der Waals surface area contributed by atoms with E-state index in [4.69, 9.17) is 21.1 Å². The van der Waals surface area contributed by atoms with Gasteiger partial charge in [0.2, 0.25) is 0 Å². The first-order valence-corrected chi connectivity index (χ1v) is 9.58. The van der Waals surface area contributed by atoms with Gasteiger partial charge in [-0.1, -0.05) is 11.6 Å². The number of nitrogens with zero attached hydrogens (tertiary/aromatic N) is 1. The smallest absolute Gasteiger partial charge is 0.334 e. The van der Waals surface area contributed by atoms with E-state index in [-0.39, 0.29) is 31.5 Å². The lowest BCUT2D eigenvalue weighted by atomic mass is 9.87. The summed E-state index contributed by atoms with van der Waals surface area (Å²) in [6.45, 7) is 3.97. The van der Waals surface area contributed by atoms with E-state index in [1.165, 1.54) is 6.07 Å². The van der Waals surface area contributed by atoms with Gasteiger partial charge in [-0.05, 0) is 49.6 Å². The Labute approximate surface area is 167 Å². The van der Waals surface area contributed by atoms with Crippen molar-refractivity contribution in [3.05, 3.63) is 55.8 Å². The molecule has 148 valence electrons. The molecule has 6 nitrogen and oxygen atoms in total. The maximum Gasteiger partial charge on any atom is 0.334 e. The molecule has 7 heteroatoms. The normalized spacial score (nSPS) is 13.4. The summed E-state index contributed by atoms with van der Waals surface area (Å²) in [5, 5.41) is 1.02. The molecule has 0 unspecified atom stereocenters. The second-order valence-electron chi connectivity index (χ2n) is 6.61. The molecule has 2 aromatic rings. The molecule has 0 fully saturated rings. The first-order valence-electron chi connectivity index (χ1n) is 9.20. The zero-order valence-corrected chi connectivity index (χ0v) is 16.9. The van der Waals surface area contributed by atoms with E-state index in [0.29, 0.717) is 33.5 Å². The summed E-state index contributed by atoms with van der Waals surface area (Å²) in [4.78, 5) is 37.3. The highest BCUT2D eigenvalue weighted by Crippen LogP contribution is 2.34. The average molecular weight is 404 g/mol. The van der Waals surface area contributed by atoms with Crippen LogP contribution in [0.3, 0.4) is 0 Å². The molecule has 0 saturated carbocycles. The molecule has 28 heavy (non-hydrogen) atoms. The van der Waals surface area contributed by atoms with Gasteiger partial charge in [-0.3, -0.25) is 9.59 Å². The molecule has 0 N–H and O–H groups in total.